The van der Waals surface area contributed by atoms with Gasteiger partial charge in [-0.15, -0.1) is 22.7 Å². The summed E-state index contributed by atoms with van der Waals surface area (Å²) in [7, 11) is 0. The molecule has 0 saturated carbocycles. The van der Waals surface area contributed by atoms with Crippen LogP contribution in [0.3, 0.4) is 0 Å². The van der Waals surface area contributed by atoms with E-state index in [1.165, 1.54) is 75.3 Å². The van der Waals surface area contributed by atoms with Crippen LogP contribution in [-0.2, 0) is 17.6 Å². The van der Waals surface area contributed by atoms with E-state index in [0.717, 1.165) is 57.8 Å². The van der Waals surface area contributed by atoms with Crippen molar-refractivity contribution >= 4 is 56.2 Å². The van der Waals surface area contributed by atoms with Gasteiger partial charge in [0.15, 0.2) is 0 Å². The molecule has 6 atom stereocenters. The third kappa shape index (κ3) is 5.89. The molecule has 0 spiro atoms. The van der Waals surface area contributed by atoms with E-state index in [4.69, 9.17) is 4.74 Å². The van der Waals surface area contributed by atoms with Crippen LogP contribution in [-0.4, -0.2) is 23.1 Å². The van der Waals surface area contributed by atoms with Crippen LogP contribution in [0.4, 0.5) is 0 Å². The second kappa shape index (κ2) is 14.5. The first-order chi connectivity index (χ1) is 28.7. The van der Waals surface area contributed by atoms with Gasteiger partial charge in [-0.25, -0.2) is 0 Å². The van der Waals surface area contributed by atoms with Crippen molar-refractivity contribution in [1.82, 2.24) is 4.90 Å². The van der Waals surface area contributed by atoms with Gasteiger partial charge >= 0.3 is 0 Å². The fourth-order valence-electron chi connectivity index (χ4n) is 11.1. The Morgan fingerprint density at radius 3 is 2.48 bits per heavy atom. The molecule has 12 rings (SSSR count). The number of ether oxygens (including phenoxy) is 1. The summed E-state index contributed by atoms with van der Waals surface area (Å²) in [4.78, 5) is 5.68. The van der Waals surface area contributed by atoms with Crippen LogP contribution >= 0.6 is 22.7 Å². The molecule has 0 bridgehead atoms. The summed E-state index contributed by atoms with van der Waals surface area (Å²) >= 11 is 4.00. The topological polar surface area (TPSA) is 12.5 Å². The van der Waals surface area contributed by atoms with Crippen LogP contribution in [0.5, 0.6) is 0 Å². The van der Waals surface area contributed by atoms with Gasteiger partial charge in [0.05, 0.1) is 16.7 Å². The molecule has 1 saturated heterocycles. The molecule has 4 heteroatoms. The third-order valence-electron chi connectivity index (χ3n) is 14.0. The third-order valence-corrected chi connectivity index (χ3v) is 16.5. The Morgan fingerprint density at radius 2 is 1.59 bits per heavy atom. The van der Waals surface area contributed by atoms with Gasteiger partial charge in [0.1, 0.15) is 6.10 Å². The highest BCUT2D eigenvalue weighted by molar-refractivity contribution is 7.20. The first-order valence-corrected chi connectivity index (χ1v) is 23.5. The molecular formula is C54H49NOS2. The summed E-state index contributed by atoms with van der Waals surface area (Å²) in [6, 6.07) is 7.33. The summed E-state index contributed by atoms with van der Waals surface area (Å²) in [5.74, 6) is 1.13. The second-order valence-corrected chi connectivity index (χ2v) is 19.3. The number of fused-ring (bicyclic) bond motifs is 9. The molecule has 3 aromatic rings. The van der Waals surface area contributed by atoms with Crippen molar-refractivity contribution < 1.29 is 4.74 Å². The van der Waals surface area contributed by atoms with E-state index in [1.54, 1.807) is 11.1 Å². The Balaban J connectivity index is 0.873. The monoisotopic (exact) mass is 791 g/mol. The summed E-state index contributed by atoms with van der Waals surface area (Å²) in [6.45, 7) is 0. The first kappa shape index (κ1) is 35.2. The molecule has 3 heterocycles. The average molecular weight is 792 g/mol. The highest BCUT2D eigenvalue weighted by Gasteiger charge is 2.45. The number of hydrogen-bond acceptors (Lipinski definition) is 4. The largest absolute Gasteiger partial charge is 0.363 e. The van der Waals surface area contributed by atoms with E-state index in [2.05, 4.69) is 156 Å². The Morgan fingerprint density at radius 1 is 0.690 bits per heavy atom. The number of thiophene rings is 2. The maximum absolute atomic E-state index is 7.01. The number of rotatable bonds is 6. The van der Waals surface area contributed by atoms with Crippen molar-refractivity contribution in [3.63, 3.8) is 0 Å². The van der Waals surface area contributed by atoms with Gasteiger partial charge in [-0.2, -0.15) is 0 Å². The van der Waals surface area contributed by atoms with E-state index in [9.17, 15) is 0 Å². The Hall–Kier alpha value is -4.74. The van der Waals surface area contributed by atoms with E-state index < -0.39 is 0 Å². The van der Waals surface area contributed by atoms with Crippen LogP contribution in [0.2, 0.25) is 0 Å². The van der Waals surface area contributed by atoms with Gasteiger partial charge in [0, 0.05) is 43.6 Å². The number of hydrogen-bond donors (Lipinski definition) is 0. The Labute approximate surface area is 350 Å². The zero-order valence-electron chi connectivity index (χ0n) is 33.0. The van der Waals surface area contributed by atoms with Crippen LogP contribution in [0.15, 0.2) is 150 Å². The zero-order valence-corrected chi connectivity index (χ0v) is 34.6. The minimum absolute atomic E-state index is 0.0139. The zero-order chi connectivity index (χ0) is 38.2. The van der Waals surface area contributed by atoms with E-state index in [0.29, 0.717) is 17.8 Å². The second-order valence-electron chi connectivity index (χ2n) is 17.2. The minimum Gasteiger partial charge on any atom is -0.363 e. The van der Waals surface area contributed by atoms with Gasteiger partial charge < -0.3 is 9.64 Å². The van der Waals surface area contributed by atoms with Crippen LogP contribution in [0, 0.1) is 11.8 Å². The van der Waals surface area contributed by atoms with E-state index in [-0.39, 0.29) is 18.2 Å². The fourth-order valence-corrected chi connectivity index (χ4v) is 13.7. The predicted octanol–water partition coefficient (Wildman–Crippen LogP) is 12.0. The summed E-state index contributed by atoms with van der Waals surface area (Å²) < 4.78 is 9.91. The van der Waals surface area contributed by atoms with E-state index >= 15 is 0 Å². The molecule has 288 valence electrons. The molecule has 0 radical (unpaired) electrons. The Kier molecular flexibility index (Phi) is 8.82. The van der Waals surface area contributed by atoms with Gasteiger partial charge in [-0.1, -0.05) is 115 Å². The maximum Gasteiger partial charge on any atom is 0.105 e. The molecular weight excluding hydrogens is 743 g/mol. The molecule has 6 unspecified atom stereocenters. The van der Waals surface area contributed by atoms with Crippen molar-refractivity contribution in [1.29, 1.82) is 0 Å². The van der Waals surface area contributed by atoms with Crippen LogP contribution < -0.4 is 9.75 Å². The smallest absolute Gasteiger partial charge is 0.105 e. The van der Waals surface area contributed by atoms with Gasteiger partial charge in [-0.05, 0) is 138 Å². The van der Waals surface area contributed by atoms with Crippen molar-refractivity contribution in [2.24, 2.45) is 11.8 Å². The number of allylic oxidation sites excluding steroid dienone is 18. The molecule has 0 amide bonds. The highest BCUT2D eigenvalue weighted by atomic mass is 32.1. The molecule has 2 nitrogen and oxygen atoms in total. The van der Waals surface area contributed by atoms with Crippen molar-refractivity contribution in [2.45, 2.75) is 88.4 Å². The van der Waals surface area contributed by atoms with Crippen molar-refractivity contribution in [3.05, 3.63) is 186 Å². The Bertz CT molecular complexity index is 2760. The maximum atomic E-state index is 7.01. The van der Waals surface area contributed by atoms with Crippen molar-refractivity contribution in [2.75, 3.05) is 0 Å². The standard InChI is InChI=1S/C54H49NOS2/c1-2-11-37(12-3-1)40-15-8-17-44-45-18-10-20-48(54(45)58-53(40)44)55(47-19-9-16-43-41-13-4-6-21-49(41)56-52(43)47)39-30-27-35(28-31-39)34-23-25-36(26-24-34)38-29-32-51-46(33-38)42-14-5-7-22-50(42)57-51/h2,4,6-7,9,11-13,15-16,18-19,21-25,27,29-33,35-36,41,47,49,52H,1,3,5,8,10,14,17,20,26,28H2. The molecule has 1 aliphatic heterocycles. The lowest BCUT2D eigenvalue weighted by atomic mass is 9.82. The van der Waals surface area contributed by atoms with Gasteiger partial charge in [0.25, 0.3) is 0 Å². The summed E-state index contributed by atoms with van der Waals surface area (Å²) in [5, 5.41) is 2.98. The van der Waals surface area contributed by atoms with E-state index in [1.807, 2.05) is 11.3 Å². The van der Waals surface area contributed by atoms with Crippen LogP contribution in [0.25, 0.3) is 33.5 Å². The molecule has 58 heavy (non-hydrogen) atoms. The van der Waals surface area contributed by atoms with Crippen LogP contribution in [0.1, 0.15) is 83.7 Å². The van der Waals surface area contributed by atoms with Gasteiger partial charge in [-0.3, -0.25) is 0 Å². The predicted molar refractivity (Wildman–Crippen MR) is 246 cm³/mol. The summed E-state index contributed by atoms with van der Waals surface area (Å²) in [6.07, 6.45) is 59.0. The molecule has 8 aliphatic carbocycles. The lowest BCUT2D eigenvalue weighted by Crippen LogP contribution is -2.46. The molecule has 9 aliphatic rings. The van der Waals surface area contributed by atoms with Gasteiger partial charge in [0.2, 0.25) is 0 Å². The minimum atomic E-state index is 0.0139. The van der Waals surface area contributed by atoms with Crippen molar-refractivity contribution in [3.8, 4) is 0 Å². The first-order valence-electron chi connectivity index (χ1n) is 21.8. The number of aryl methyl sites for hydroxylation is 1. The number of nitrogens with zero attached hydrogens (tertiary/aromatic N) is 1. The average Bonchev–Trinajstić information content (AvgIpc) is 3.99. The quantitative estimate of drug-likeness (QED) is 0.247. The molecule has 1 fully saturated rings. The highest BCUT2D eigenvalue weighted by Crippen LogP contribution is 2.45. The lowest BCUT2D eigenvalue weighted by molar-refractivity contribution is 0.0436. The SMILES string of the molecule is C1=CC2OC3C(=CC=CC3N(C3=CCC(C4=CCC(c5ccc6sc7c(c6c5)CCC=C7)C=C4)C=C3)C3=c4sc5c(c4=CCC3)CCC=C5C3=CCCC=C3)C2C=C1. The number of benzene rings is 1. The lowest BCUT2D eigenvalue weighted by Gasteiger charge is -2.40. The fraction of sp³-hybridized carbons (Fsp3) is 0.296. The molecule has 1 aromatic carbocycles. The normalized spacial score (nSPS) is 28.8. The summed E-state index contributed by atoms with van der Waals surface area (Å²) in [5.41, 5.74) is 13.1. The molecule has 0 N–H and O–H groups in total. The molecule has 2 aromatic heterocycles.